The van der Waals surface area contributed by atoms with Crippen LogP contribution in [0, 0.1) is 0 Å². The topological polar surface area (TPSA) is 64.1 Å². The summed E-state index contributed by atoms with van der Waals surface area (Å²) in [6, 6.07) is 3.62. The Morgan fingerprint density at radius 1 is 1.38 bits per heavy atom. The van der Waals surface area contributed by atoms with Crippen LogP contribution in [0.2, 0.25) is 0 Å². The van der Waals surface area contributed by atoms with Gasteiger partial charge < -0.3 is 14.2 Å². The standard InChI is InChI=1S/C11H13N3O2/c1-3-8(7-12-5-1)10-13-14-11(16-10)9-4-2-6-15-9/h2,4,6,8,12H,1,3,5,7H2/t8-/m1/s1. The molecule has 1 fully saturated rings. The van der Waals surface area contributed by atoms with E-state index < -0.39 is 0 Å². The van der Waals surface area contributed by atoms with E-state index in [0.29, 0.717) is 23.5 Å². The summed E-state index contributed by atoms with van der Waals surface area (Å²) >= 11 is 0. The summed E-state index contributed by atoms with van der Waals surface area (Å²) in [5.41, 5.74) is 0. The van der Waals surface area contributed by atoms with Gasteiger partial charge in [0.05, 0.1) is 6.26 Å². The van der Waals surface area contributed by atoms with Crippen LogP contribution >= 0.6 is 0 Å². The van der Waals surface area contributed by atoms with Crippen molar-refractivity contribution in [1.29, 1.82) is 0 Å². The zero-order chi connectivity index (χ0) is 10.8. The Hall–Kier alpha value is -1.62. The fraction of sp³-hybridized carbons (Fsp3) is 0.455. The zero-order valence-electron chi connectivity index (χ0n) is 8.85. The SMILES string of the molecule is c1coc(-c2nnc([C@@H]3CCCNC3)o2)c1. The van der Waals surface area contributed by atoms with Crippen LogP contribution in [-0.2, 0) is 0 Å². The summed E-state index contributed by atoms with van der Waals surface area (Å²) in [7, 11) is 0. The van der Waals surface area contributed by atoms with Gasteiger partial charge in [-0.25, -0.2) is 0 Å². The Morgan fingerprint density at radius 2 is 2.38 bits per heavy atom. The van der Waals surface area contributed by atoms with Gasteiger partial charge in [0.25, 0.3) is 5.89 Å². The van der Waals surface area contributed by atoms with Crippen molar-refractivity contribution in [2.45, 2.75) is 18.8 Å². The number of furan rings is 1. The highest BCUT2D eigenvalue weighted by Gasteiger charge is 2.21. The van der Waals surface area contributed by atoms with E-state index in [-0.39, 0.29) is 0 Å². The highest BCUT2D eigenvalue weighted by atomic mass is 16.4. The molecule has 5 heteroatoms. The van der Waals surface area contributed by atoms with Gasteiger partial charge in [-0.3, -0.25) is 0 Å². The monoisotopic (exact) mass is 219 g/mol. The minimum atomic E-state index is 0.338. The van der Waals surface area contributed by atoms with E-state index in [1.54, 1.807) is 12.3 Å². The van der Waals surface area contributed by atoms with E-state index in [0.717, 1.165) is 25.9 Å². The summed E-state index contributed by atoms with van der Waals surface area (Å²) in [5, 5.41) is 11.4. The largest absolute Gasteiger partial charge is 0.459 e. The molecule has 0 spiro atoms. The molecule has 1 N–H and O–H groups in total. The first kappa shape index (κ1) is 9.59. The van der Waals surface area contributed by atoms with E-state index in [4.69, 9.17) is 8.83 Å². The van der Waals surface area contributed by atoms with Crippen LogP contribution in [0.15, 0.2) is 27.2 Å². The molecule has 3 rings (SSSR count). The first-order valence-corrected chi connectivity index (χ1v) is 5.51. The molecule has 1 aliphatic heterocycles. The van der Waals surface area contributed by atoms with Crippen LogP contribution < -0.4 is 5.32 Å². The van der Waals surface area contributed by atoms with Crippen LogP contribution in [0.3, 0.4) is 0 Å². The molecule has 0 radical (unpaired) electrons. The van der Waals surface area contributed by atoms with Gasteiger partial charge in [0.15, 0.2) is 5.76 Å². The number of rotatable bonds is 2. The highest BCUT2D eigenvalue weighted by molar-refractivity contribution is 5.42. The molecule has 0 unspecified atom stereocenters. The number of piperidine rings is 1. The van der Waals surface area contributed by atoms with E-state index in [2.05, 4.69) is 15.5 Å². The molecule has 0 bridgehead atoms. The second-order valence-corrected chi connectivity index (χ2v) is 3.97. The molecule has 2 aromatic heterocycles. The van der Waals surface area contributed by atoms with Gasteiger partial charge in [-0.1, -0.05) is 0 Å². The molecule has 1 atom stereocenters. The number of nitrogens with one attached hydrogen (secondary N) is 1. The van der Waals surface area contributed by atoms with Crippen molar-refractivity contribution < 1.29 is 8.83 Å². The van der Waals surface area contributed by atoms with Gasteiger partial charge >= 0.3 is 0 Å². The third-order valence-corrected chi connectivity index (χ3v) is 2.82. The molecule has 1 saturated heterocycles. The fourth-order valence-electron chi connectivity index (χ4n) is 1.96. The van der Waals surface area contributed by atoms with Crippen molar-refractivity contribution >= 4 is 0 Å². The van der Waals surface area contributed by atoms with Crippen molar-refractivity contribution in [2.75, 3.05) is 13.1 Å². The smallest absolute Gasteiger partial charge is 0.283 e. The molecule has 0 amide bonds. The van der Waals surface area contributed by atoms with Crippen LogP contribution in [-0.4, -0.2) is 23.3 Å². The number of nitrogens with zero attached hydrogens (tertiary/aromatic N) is 2. The van der Waals surface area contributed by atoms with Crippen molar-refractivity contribution in [3.05, 3.63) is 24.3 Å². The summed E-state index contributed by atoms with van der Waals surface area (Å²) in [6.07, 6.45) is 3.86. The lowest BCUT2D eigenvalue weighted by molar-refractivity contribution is 0.377. The van der Waals surface area contributed by atoms with Crippen LogP contribution in [0.4, 0.5) is 0 Å². The van der Waals surface area contributed by atoms with Crippen molar-refractivity contribution in [1.82, 2.24) is 15.5 Å². The molecule has 0 saturated carbocycles. The zero-order valence-corrected chi connectivity index (χ0v) is 8.85. The lowest BCUT2D eigenvalue weighted by Gasteiger charge is -2.18. The summed E-state index contributed by atoms with van der Waals surface area (Å²) < 4.78 is 10.8. The van der Waals surface area contributed by atoms with Crippen molar-refractivity contribution in [2.24, 2.45) is 0 Å². The van der Waals surface area contributed by atoms with Crippen LogP contribution in [0.25, 0.3) is 11.7 Å². The Labute approximate surface area is 92.9 Å². The first-order chi connectivity index (χ1) is 7.93. The molecule has 3 heterocycles. The normalized spacial score (nSPS) is 21.1. The Balaban J connectivity index is 1.82. The molecule has 1 aliphatic rings. The average Bonchev–Trinajstić information content (AvgIpc) is 3.01. The lowest BCUT2D eigenvalue weighted by atomic mass is 10.00. The minimum absolute atomic E-state index is 0.338. The molecular formula is C11H13N3O2. The Bertz CT molecular complexity index is 444. The number of hydrogen-bond acceptors (Lipinski definition) is 5. The minimum Gasteiger partial charge on any atom is -0.459 e. The predicted octanol–water partition coefficient (Wildman–Crippen LogP) is 1.80. The van der Waals surface area contributed by atoms with Crippen molar-refractivity contribution in [3.63, 3.8) is 0 Å². The van der Waals surface area contributed by atoms with Gasteiger partial charge in [-0.05, 0) is 31.5 Å². The highest BCUT2D eigenvalue weighted by Crippen LogP contribution is 2.25. The second kappa shape index (κ2) is 4.09. The van der Waals surface area contributed by atoms with Crippen LogP contribution in [0.1, 0.15) is 24.7 Å². The van der Waals surface area contributed by atoms with Crippen molar-refractivity contribution in [3.8, 4) is 11.7 Å². The van der Waals surface area contributed by atoms with Gasteiger partial charge in [-0.2, -0.15) is 0 Å². The quantitative estimate of drug-likeness (QED) is 0.834. The van der Waals surface area contributed by atoms with E-state index >= 15 is 0 Å². The number of aromatic nitrogens is 2. The van der Waals surface area contributed by atoms with E-state index in [1.165, 1.54) is 0 Å². The molecule has 5 nitrogen and oxygen atoms in total. The Kier molecular flexibility index (Phi) is 2.46. The molecule has 2 aromatic rings. The first-order valence-electron chi connectivity index (χ1n) is 5.51. The molecule has 16 heavy (non-hydrogen) atoms. The summed E-state index contributed by atoms with van der Waals surface area (Å²) in [5.74, 6) is 2.14. The molecule has 84 valence electrons. The van der Waals surface area contributed by atoms with Gasteiger partial charge in [0.1, 0.15) is 0 Å². The maximum atomic E-state index is 5.61. The third kappa shape index (κ3) is 1.74. The number of hydrogen-bond donors (Lipinski definition) is 1. The fourth-order valence-corrected chi connectivity index (χ4v) is 1.96. The summed E-state index contributed by atoms with van der Waals surface area (Å²) in [4.78, 5) is 0. The lowest BCUT2D eigenvalue weighted by Crippen LogP contribution is -2.28. The second-order valence-electron chi connectivity index (χ2n) is 3.97. The summed E-state index contributed by atoms with van der Waals surface area (Å²) in [6.45, 7) is 2.00. The molecule has 0 aliphatic carbocycles. The van der Waals surface area contributed by atoms with Gasteiger partial charge in [0, 0.05) is 12.5 Å². The molecular weight excluding hydrogens is 206 g/mol. The average molecular weight is 219 g/mol. The van der Waals surface area contributed by atoms with Crippen LogP contribution in [0.5, 0.6) is 0 Å². The van der Waals surface area contributed by atoms with Gasteiger partial charge in [0.2, 0.25) is 5.89 Å². The maximum Gasteiger partial charge on any atom is 0.283 e. The predicted molar refractivity (Wildman–Crippen MR) is 56.8 cm³/mol. The van der Waals surface area contributed by atoms with Gasteiger partial charge in [-0.15, -0.1) is 10.2 Å². The third-order valence-electron chi connectivity index (χ3n) is 2.82. The Morgan fingerprint density at radius 3 is 3.12 bits per heavy atom. The maximum absolute atomic E-state index is 5.61. The van der Waals surface area contributed by atoms with E-state index in [1.807, 2.05) is 6.07 Å². The van der Waals surface area contributed by atoms with E-state index in [9.17, 15) is 0 Å². The molecule has 0 aromatic carbocycles.